The fourth-order valence-corrected chi connectivity index (χ4v) is 2.62. The Morgan fingerprint density at radius 2 is 1.83 bits per heavy atom. The van der Waals surface area contributed by atoms with Crippen molar-refractivity contribution in [2.45, 2.75) is 26.3 Å². The Bertz CT molecular complexity index is 960. The molecule has 9 heteroatoms. The molecule has 0 heterocycles. The number of carbonyl (C=O) groups is 3. The van der Waals surface area contributed by atoms with Crippen molar-refractivity contribution < 1.29 is 24.0 Å². The van der Waals surface area contributed by atoms with Gasteiger partial charge in [-0.3, -0.25) is 19.7 Å². The van der Waals surface area contributed by atoms with Crippen LogP contribution in [0.15, 0.2) is 42.5 Å². The van der Waals surface area contributed by atoms with Gasteiger partial charge in [-0.1, -0.05) is 36.7 Å². The minimum Gasteiger partial charge on any atom is -0.452 e. The van der Waals surface area contributed by atoms with E-state index in [2.05, 4.69) is 5.32 Å². The number of nitrogens with zero attached hydrogens (tertiary/aromatic N) is 1. The number of rotatable bonds is 8. The number of ketones is 1. The molecular formula is C20H19ClN2O6. The average molecular weight is 419 g/mol. The van der Waals surface area contributed by atoms with Gasteiger partial charge in [0.05, 0.1) is 10.5 Å². The first-order valence-electron chi connectivity index (χ1n) is 8.78. The summed E-state index contributed by atoms with van der Waals surface area (Å²) in [6.07, 6.45) is 0.726. The summed E-state index contributed by atoms with van der Waals surface area (Å²) in [5, 5.41) is 13.6. The highest BCUT2D eigenvalue weighted by Crippen LogP contribution is 2.27. The zero-order valence-corrected chi connectivity index (χ0v) is 16.6. The van der Waals surface area contributed by atoms with Gasteiger partial charge >= 0.3 is 5.97 Å². The molecule has 0 saturated heterocycles. The van der Waals surface area contributed by atoms with Crippen molar-refractivity contribution in [3.05, 3.63) is 74.3 Å². The van der Waals surface area contributed by atoms with Gasteiger partial charge < -0.3 is 10.1 Å². The smallest absolute Gasteiger partial charge is 0.339 e. The Balaban J connectivity index is 2.23. The number of carbonyl (C=O) groups excluding carboxylic acids is 3. The van der Waals surface area contributed by atoms with Gasteiger partial charge in [0.25, 0.3) is 11.6 Å². The topological polar surface area (TPSA) is 116 Å². The number of nitro groups is 1. The fourth-order valence-electron chi connectivity index (χ4n) is 2.44. The monoisotopic (exact) mass is 418 g/mol. The van der Waals surface area contributed by atoms with Gasteiger partial charge in [0, 0.05) is 23.2 Å². The van der Waals surface area contributed by atoms with Crippen LogP contribution in [0.3, 0.4) is 0 Å². The van der Waals surface area contributed by atoms with Gasteiger partial charge in [0.2, 0.25) is 0 Å². The Labute approximate surface area is 172 Å². The Hall–Kier alpha value is -3.26. The molecule has 29 heavy (non-hydrogen) atoms. The van der Waals surface area contributed by atoms with Crippen LogP contribution in [0.25, 0.3) is 0 Å². The predicted octanol–water partition coefficient (Wildman–Crippen LogP) is 3.55. The molecule has 0 aromatic heterocycles. The second-order valence-corrected chi connectivity index (χ2v) is 6.66. The molecule has 0 saturated carbocycles. The second kappa shape index (κ2) is 9.79. The van der Waals surface area contributed by atoms with Crippen molar-refractivity contribution in [2.75, 3.05) is 6.61 Å². The van der Waals surface area contributed by atoms with E-state index in [1.807, 2.05) is 13.8 Å². The van der Waals surface area contributed by atoms with E-state index < -0.39 is 34.9 Å². The predicted molar refractivity (Wildman–Crippen MR) is 106 cm³/mol. The summed E-state index contributed by atoms with van der Waals surface area (Å²) in [5.41, 5.74) is -0.474. The van der Waals surface area contributed by atoms with E-state index >= 15 is 0 Å². The quantitative estimate of drug-likeness (QED) is 0.303. The molecule has 0 bridgehead atoms. The maximum Gasteiger partial charge on any atom is 0.339 e. The molecule has 0 aliphatic heterocycles. The lowest BCUT2D eigenvalue weighted by Crippen LogP contribution is -2.35. The molecule has 0 aliphatic carbocycles. The van der Waals surface area contributed by atoms with E-state index in [1.54, 1.807) is 6.07 Å². The highest BCUT2D eigenvalue weighted by atomic mass is 35.5. The van der Waals surface area contributed by atoms with Gasteiger partial charge in [0.15, 0.2) is 12.4 Å². The SMILES string of the molecule is CCC(C)NC(=O)COC(=O)c1ccccc1C(=O)c1ccc(Cl)c([N+](=O)[O-])c1. The Morgan fingerprint density at radius 3 is 2.45 bits per heavy atom. The molecular weight excluding hydrogens is 400 g/mol. The third-order valence-electron chi connectivity index (χ3n) is 4.15. The zero-order valence-electron chi connectivity index (χ0n) is 15.8. The van der Waals surface area contributed by atoms with Crippen LogP contribution in [-0.4, -0.2) is 35.2 Å². The maximum absolute atomic E-state index is 12.8. The van der Waals surface area contributed by atoms with Crippen molar-refractivity contribution in [3.8, 4) is 0 Å². The summed E-state index contributed by atoms with van der Waals surface area (Å²) in [6.45, 7) is 3.23. The molecule has 1 atom stereocenters. The van der Waals surface area contributed by atoms with E-state index in [0.29, 0.717) is 0 Å². The Morgan fingerprint density at radius 1 is 1.17 bits per heavy atom. The zero-order chi connectivity index (χ0) is 21.6. The number of nitrogens with one attached hydrogen (secondary N) is 1. The first kappa shape index (κ1) is 22.0. The average Bonchev–Trinajstić information content (AvgIpc) is 2.71. The van der Waals surface area contributed by atoms with Crippen molar-refractivity contribution in [3.63, 3.8) is 0 Å². The number of halogens is 1. The molecule has 1 amide bonds. The van der Waals surface area contributed by atoms with Crippen molar-refractivity contribution in [2.24, 2.45) is 0 Å². The van der Waals surface area contributed by atoms with Crippen LogP contribution in [-0.2, 0) is 9.53 Å². The van der Waals surface area contributed by atoms with E-state index in [9.17, 15) is 24.5 Å². The summed E-state index contributed by atoms with van der Waals surface area (Å²) in [6, 6.07) is 9.43. The lowest BCUT2D eigenvalue weighted by molar-refractivity contribution is -0.384. The summed E-state index contributed by atoms with van der Waals surface area (Å²) in [4.78, 5) is 47.4. The number of ether oxygens (including phenoxy) is 1. The fraction of sp³-hybridized carbons (Fsp3) is 0.250. The maximum atomic E-state index is 12.8. The highest BCUT2D eigenvalue weighted by molar-refractivity contribution is 6.33. The van der Waals surface area contributed by atoms with Gasteiger partial charge in [-0.15, -0.1) is 0 Å². The van der Waals surface area contributed by atoms with Crippen LogP contribution < -0.4 is 5.32 Å². The minimum absolute atomic E-state index is 0.00328. The lowest BCUT2D eigenvalue weighted by Gasteiger charge is -2.12. The van der Waals surface area contributed by atoms with E-state index in [0.717, 1.165) is 12.5 Å². The van der Waals surface area contributed by atoms with E-state index in [1.165, 1.54) is 30.3 Å². The number of benzene rings is 2. The molecule has 2 aromatic carbocycles. The summed E-state index contributed by atoms with van der Waals surface area (Å²) in [5.74, 6) is -1.91. The van der Waals surface area contributed by atoms with Gasteiger partial charge in [-0.2, -0.15) is 0 Å². The largest absolute Gasteiger partial charge is 0.452 e. The highest BCUT2D eigenvalue weighted by Gasteiger charge is 2.22. The summed E-state index contributed by atoms with van der Waals surface area (Å²) < 4.78 is 5.01. The van der Waals surface area contributed by atoms with Crippen LogP contribution >= 0.6 is 11.6 Å². The Kier molecular flexibility index (Phi) is 7.44. The standard InChI is InChI=1S/C20H19ClN2O6/c1-3-12(2)22-18(24)11-29-20(26)15-7-5-4-6-14(15)19(25)13-8-9-16(21)17(10-13)23(27)28/h4-10,12H,3,11H2,1-2H3,(H,22,24). The second-order valence-electron chi connectivity index (χ2n) is 6.25. The van der Waals surface area contributed by atoms with Gasteiger partial charge in [-0.25, -0.2) is 4.79 Å². The summed E-state index contributed by atoms with van der Waals surface area (Å²) in [7, 11) is 0. The molecule has 2 aromatic rings. The van der Waals surface area contributed by atoms with E-state index in [-0.39, 0.29) is 27.8 Å². The van der Waals surface area contributed by atoms with Crippen molar-refractivity contribution in [1.29, 1.82) is 0 Å². The summed E-state index contributed by atoms with van der Waals surface area (Å²) >= 11 is 5.78. The first-order valence-corrected chi connectivity index (χ1v) is 9.16. The van der Waals surface area contributed by atoms with Crippen LogP contribution in [0.4, 0.5) is 5.69 Å². The number of amides is 1. The first-order chi connectivity index (χ1) is 13.7. The third-order valence-corrected chi connectivity index (χ3v) is 4.47. The molecule has 0 aliphatic rings. The number of esters is 1. The number of hydrogen-bond donors (Lipinski definition) is 1. The molecule has 2 rings (SSSR count). The molecule has 0 fully saturated rings. The lowest BCUT2D eigenvalue weighted by atomic mass is 9.98. The van der Waals surface area contributed by atoms with Crippen LogP contribution in [0.2, 0.25) is 5.02 Å². The normalized spacial score (nSPS) is 11.4. The molecule has 0 radical (unpaired) electrons. The molecule has 8 nitrogen and oxygen atoms in total. The third kappa shape index (κ3) is 5.61. The molecule has 1 N–H and O–H groups in total. The molecule has 1 unspecified atom stereocenters. The van der Waals surface area contributed by atoms with Crippen molar-refractivity contribution >= 4 is 34.9 Å². The van der Waals surface area contributed by atoms with Crippen molar-refractivity contribution in [1.82, 2.24) is 5.32 Å². The minimum atomic E-state index is -0.850. The van der Waals surface area contributed by atoms with Crippen LogP contribution in [0, 0.1) is 10.1 Å². The van der Waals surface area contributed by atoms with Gasteiger partial charge in [0.1, 0.15) is 5.02 Å². The number of nitro benzene ring substituents is 1. The van der Waals surface area contributed by atoms with Crippen LogP contribution in [0.1, 0.15) is 46.5 Å². The molecule has 0 spiro atoms. The van der Waals surface area contributed by atoms with Gasteiger partial charge in [-0.05, 0) is 31.5 Å². The van der Waals surface area contributed by atoms with Crippen LogP contribution in [0.5, 0.6) is 0 Å². The van der Waals surface area contributed by atoms with E-state index in [4.69, 9.17) is 16.3 Å². The number of hydrogen-bond acceptors (Lipinski definition) is 6. The molecule has 152 valence electrons.